The summed E-state index contributed by atoms with van der Waals surface area (Å²) >= 11 is 1.51. The van der Waals surface area contributed by atoms with Gasteiger partial charge in [0.05, 0.1) is 10.1 Å². The summed E-state index contributed by atoms with van der Waals surface area (Å²) in [7, 11) is -3.70. The smallest absolute Gasteiger partial charge is 0.238 e. The van der Waals surface area contributed by atoms with Crippen LogP contribution in [-0.2, 0) is 32.5 Å². The summed E-state index contributed by atoms with van der Waals surface area (Å²) in [6.45, 7) is 0.456. The van der Waals surface area contributed by atoms with Crippen LogP contribution in [0.4, 0.5) is 5.69 Å². The van der Waals surface area contributed by atoms with Crippen LogP contribution in [-0.4, -0.2) is 37.8 Å². The van der Waals surface area contributed by atoms with Crippen molar-refractivity contribution in [2.45, 2.75) is 35.8 Å². The highest BCUT2D eigenvalue weighted by Gasteiger charge is 2.23. The third-order valence-corrected chi connectivity index (χ3v) is 7.10. The molecule has 2 amide bonds. The predicted molar refractivity (Wildman–Crippen MR) is 119 cm³/mol. The topological polar surface area (TPSA) is 118 Å². The molecule has 7 nitrogen and oxygen atoms in total. The molecule has 1 aliphatic heterocycles. The number of nitrogens with one attached hydrogen (secondary N) is 2. The van der Waals surface area contributed by atoms with Crippen molar-refractivity contribution in [1.82, 2.24) is 5.32 Å². The van der Waals surface area contributed by atoms with Crippen LogP contribution >= 0.6 is 11.8 Å². The molecule has 2 aromatic carbocycles. The Morgan fingerprint density at radius 1 is 1.17 bits per heavy atom. The number of para-hydroxylation sites is 1. The third-order valence-electron chi connectivity index (χ3n) is 4.88. The van der Waals surface area contributed by atoms with Gasteiger partial charge in [-0.05, 0) is 48.6 Å². The number of benzene rings is 2. The number of amides is 2. The number of rotatable bonds is 8. The van der Waals surface area contributed by atoms with E-state index in [0.717, 1.165) is 29.7 Å². The van der Waals surface area contributed by atoms with Gasteiger partial charge in [-0.2, -0.15) is 0 Å². The van der Waals surface area contributed by atoms with Gasteiger partial charge in [0, 0.05) is 24.4 Å². The van der Waals surface area contributed by atoms with Crippen LogP contribution in [0.3, 0.4) is 0 Å². The highest BCUT2D eigenvalue weighted by atomic mass is 32.2. The fourth-order valence-electron chi connectivity index (χ4n) is 3.22. The number of fused-ring (bicyclic) bond motifs is 1. The van der Waals surface area contributed by atoms with E-state index in [-0.39, 0.29) is 22.0 Å². The van der Waals surface area contributed by atoms with Crippen LogP contribution in [0.2, 0.25) is 0 Å². The second kappa shape index (κ2) is 10.1. The van der Waals surface area contributed by atoms with Crippen LogP contribution in [0.25, 0.3) is 0 Å². The van der Waals surface area contributed by atoms with E-state index in [4.69, 9.17) is 5.14 Å². The summed E-state index contributed by atoms with van der Waals surface area (Å²) in [6.07, 6.45) is 2.52. The molecule has 1 heterocycles. The fourth-order valence-corrected chi connectivity index (χ4v) is 4.82. The van der Waals surface area contributed by atoms with Crippen molar-refractivity contribution in [2.75, 3.05) is 17.6 Å². The van der Waals surface area contributed by atoms with Crippen molar-refractivity contribution in [1.29, 1.82) is 0 Å². The summed E-state index contributed by atoms with van der Waals surface area (Å²) in [6, 6.07) is 14.1. The lowest BCUT2D eigenvalue weighted by Crippen LogP contribution is -2.27. The molecule has 4 N–H and O–H groups in total. The van der Waals surface area contributed by atoms with Crippen LogP contribution in [0.15, 0.2) is 53.4 Å². The maximum absolute atomic E-state index is 12.4. The second-order valence-electron chi connectivity index (χ2n) is 7.08. The van der Waals surface area contributed by atoms with E-state index >= 15 is 0 Å². The maximum atomic E-state index is 12.4. The van der Waals surface area contributed by atoms with Gasteiger partial charge < -0.3 is 10.6 Å². The largest absolute Gasteiger partial charge is 0.356 e. The van der Waals surface area contributed by atoms with E-state index in [1.165, 1.54) is 23.9 Å². The molecule has 9 heteroatoms. The average Bonchev–Trinajstić information content (AvgIpc) is 2.86. The molecule has 160 valence electrons. The van der Waals surface area contributed by atoms with Gasteiger partial charge in [-0.1, -0.05) is 30.3 Å². The first-order chi connectivity index (χ1) is 14.3. The predicted octanol–water partition coefficient (Wildman–Crippen LogP) is 2.07. The Morgan fingerprint density at radius 3 is 2.63 bits per heavy atom. The van der Waals surface area contributed by atoms with E-state index in [9.17, 15) is 18.0 Å². The first-order valence-corrected chi connectivity index (χ1v) is 12.3. The summed E-state index contributed by atoms with van der Waals surface area (Å²) in [5.74, 6) is 0.498. The molecule has 0 bridgehead atoms. The van der Waals surface area contributed by atoms with E-state index in [0.29, 0.717) is 25.1 Å². The summed E-state index contributed by atoms with van der Waals surface area (Å²) < 4.78 is 22.5. The van der Waals surface area contributed by atoms with Gasteiger partial charge in [0.25, 0.3) is 0 Å². The van der Waals surface area contributed by atoms with Gasteiger partial charge in [-0.25, -0.2) is 13.6 Å². The van der Waals surface area contributed by atoms with Gasteiger partial charge >= 0.3 is 0 Å². The minimum atomic E-state index is -3.70. The fraction of sp³-hybridized carbons (Fsp3) is 0.333. The molecule has 0 fully saturated rings. The molecule has 0 saturated heterocycles. The first kappa shape index (κ1) is 22.3. The van der Waals surface area contributed by atoms with Crippen molar-refractivity contribution in [3.05, 3.63) is 59.7 Å². The van der Waals surface area contributed by atoms with E-state index in [2.05, 4.69) is 10.6 Å². The highest BCUT2D eigenvalue weighted by molar-refractivity contribution is 8.00. The maximum Gasteiger partial charge on any atom is 0.238 e. The normalized spacial score (nSPS) is 16.3. The van der Waals surface area contributed by atoms with Crippen LogP contribution in [0, 0.1) is 0 Å². The molecular weight excluding hydrogens is 422 g/mol. The lowest BCUT2D eigenvalue weighted by Gasteiger charge is -2.12. The zero-order chi connectivity index (χ0) is 21.6. The number of hydrogen-bond acceptors (Lipinski definition) is 5. The molecule has 30 heavy (non-hydrogen) atoms. The van der Waals surface area contributed by atoms with Crippen molar-refractivity contribution in [3.63, 3.8) is 0 Å². The SMILES string of the molecule is NS(=O)(=O)c1ccc(CCNC(=O)CCS[C@@H]2CCc3ccccc3NC2=O)cc1. The first-order valence-electron chi connectivity index (χ1n) is 9.72. The quantitative estimate of drug-likeness (QED) is 0.572. The zero-order valence-electron chi connectivity index (χ0n) is 16.5. The molecular formula is C21H25N3O4S2. The van der Waals surface area contributed by atoms with Gasteiger partial charge in [0.15, 0.2) is 0 Å². The minimum absolute atomic E-state index is 0.00621. The van der Waals surface area contributed by atoms with Gasteiger partial charge in [-0.15, -0.1) is 11.8 Å². The Morgan fingerprint density at radius 2 is 1.90 bits per heavy atom. The Balaban J connectivity index is 1.36. The molecule has 2 aromatic rings. The molecule has 1 atom stereocenters. The van der Waals surface area contributed by atoms with Gasteiger partial charge in [0.1, 0.15) is 0 Å². The monoisotopic (exact) mass is 447 g/mol. The highest BCUT2D eigenvalue weighted by Crippen LogP contribution is 2.27. The second-order valence-corrected chi connectivity index (χ2v) is 9.96. The molecule has 1 aliphatic rings. The van der Waals surface area contributed by atoms with Crippen LogP contribution < -0.4 is 15.8 Å². The van der Waals surface area contributed by atoms with Gasteiger partial charge in [-0.3, -0.25) is 9.59 Å². The Kier molecular flexibility index (Phi) is 7.52. The summed E-state index contributed by atoms with van der Waals surface area (Å²) in [5, 5.41) is 10.7. The standard InChI is InChI=1S/C21H25N3O4S2/c22-30(27,28)17-8-5-15(6-9-17)11-13-23-20(25)12-14-29-19-10-7-16-3-1-2-4-18(16)24-21(19)26/h1-6,8-9,19H,7,10-14H2,(H,23,25)(H,24,26)(H2,22,27,28)/t19-/m1/s1. The minimum Gasteiger partial charge on any atom is -0.356 e. The lowest BCUT2D eigenvalue weighted by molar-refractivity contribution is -0.120. The third kappa shape index (κ3) is 6.32. The molecule has 0 saturated carbocycles. The number of nitrogens with two attached hydrogens (primary N) is 1. The number of carbonyl (C=O) groups is 2. The molecule has 3 rings (SSSR count). The van der Waals surface area contributed by atoms with Crippen LogP contribution in [0.5, 0.6) is 0 Å². The number of hydrogen-bond donors (Lipinski definition) is 3. The van der Waals surface area contributed by atoms with E-state index in [1.807, 2.05) is 24.3 Å². The lowest BCUT2D eigenvalue weighted by atomic mass is 10.1. The van der Waals surface area contributed by atoms with Crippen molar-refractivity contribution < 1.29 is 18.0 Å². The summed E-state index contributed by atoms with van der Waals surface area (Å²) in [5.41, 5.74) is 2.93. The zero-order valence-corrected chi connectivity index (χ0v) is 18.1. The number of aryl methyl sites for hydroxylation is 1. The van der Waals surface area contributed by atoms with Crippen molar-refractivity contribution in [3.8, 4) is 0 Å². The Hall–Kier alpha value is -2.36. The average molecular weight is 448 g/mol. The van der Waals surface area contributed by atoms with E-state index < -0.39 is 10.0 Å². The Bertz CT molecular complexity index is 1010. The molecule has 0 aromatic heterocycles. The van der Waals surface area contributed by atoms with Gasteiger partial charge in [0.2, 0.25) is 21.8 Å². The molecule has 0 radical (unpaired) electrons. The number of thioether (sulfide) groups is 1. The molecule has 0 spiro atoms. The molecule has 0 aliphatic carbocycles. The summed E-state index contributed by atoms with van der Waals surface area (Å²) in [4.78, 5) is 24.5. The molecule has 0 unspecified atom stereocenters. The van der Waals surface area contributed by atoms with E-state index in [1.54, 1.807) is 12.1 Å². The van der Waals surface area contributed by atoms with Crippen LogP contribution in [0.1, 0.15) is 24.0 Å². The number of primary sulfonamides is 1. The number of carbonyl (C=O) groups excluding carboxylic acids is 2. The Labute approximate surface area is 180 Å². The van der Waals surface area contributed by atoms with Crippen molar-refractivity contribution in [2.24, 2.45) is 5.14 Å². The number of sulfonamides is 1. The number of anilines is 1. The van der Waals surface area contributed by atoms with Crippen molar-refractivity contribution >= 4 is 39.3 Å².